The first-order chi connectivity index (χ1) is 33.7. The number of hydrogen-bond donors (Lipinski definition) is 0. The zero-order valence-electron chi connectivity index (χ0n) is 48.3. The van der Waals surface area contributed by atoms with Gasteiger partial charge >= 0.3 is 0 Å². The summed E-state index contributed by atoms with van der Waals surface area (Å²) in [5.74, 6) is 0.240. The molecule has 0 aliphatic rings. The van der Waals surface area contributed by atoms with E-state index in [-0.39, 0.29) is 5.75 Å². The van der Waals surface area contributed by atoms with Crippen molar-refractivity contribution in [1.29, 1.82) is 0 Å². The van der Waals surface area contributed by atoms with Gasteiger partial charge in [-0.15, -0.1) is 0 Å². The number of unbranched alkanes of at least 4 members (excludes halogenated alkanes) is 32. The molecule has 0 saturated carbocycles. The van der Waals surface area contributed by atoms with Gasteiger partial charge in [0.15, 0.2) is 0 Å². The summed E-state index contributed by atoms with van der Waals surface area (Å²) in [6.45, 7) is 30.5. The fraction of sp³-hybridized carbons (Fsp3) is 0.903. The number of benzene rings is 1. The predicted molar refractivity (Wildman–Crippen MR) is 307 cm³/mol. The van der Waals surface area contributed by atoms with Crippen LogP contribution in [0.4, 0.5) is 0 Å². The van der Waals surface area contributed by atoms with E-state index in [0.717, 1.165) is 0 Å². The van der Waals surface area contributed by atoms with Crippen LogP contribution in [0.3, 0.4) is 0 Å². The molecule has 0 spiro atoms. The highest BCUT2D eigenvalue weighted by atomic mass is 35.5. The standard InChI is InChI=1S/2C28H60N.C6H4BClO3/c2*1-5-9-13-17-21-25-29(26-22-18-14-10-6-2,27-23-19-15-11-7-3)28-24-20-16-12-8-4;8-5-1-3-6(4-2-5)11-7(9)10/h2*5-28H2,1-4H3;1-4H/q2*+1;-2. The Balaban J connectivity index is 0. The second-order valence-corrected chi connectivity index (χ2v) is 22.1. The van der Waals surface area contributed by atoms with Crippen LogP contribution in [0.15, 0.2) is 24.3 Å². The van der Waals surface area contributed by atoms with Crippen molar-refractivity contribution in [1.82, 2.24) is 0 Å². The van der Waals surface area contributed by atoms with Crippen LogP contribution in [-0.2, 0) is 0 Å². The van der Waals surface area contributed by atoms with Crippen molar-refractivity contribution in [2.24, 2.45) is 0 Å². The first-order valence-electron chi connectivity index (χ1n) is 31.1. The van der Waals surface area contributed by atoms with Crippen LogP contribution in [-0.4, -0.2) is 68.6 Å². The molecule has 0 unspecified atom stereocenters. The van der Waals surface area contributed by atoms with Gasteiger partial charge in [0.05, 0.1) is 58.1 Å². The van der Waals surface area contributed by atoms with Crippen LogP contribution in [0.5, 0.6) is 5.75 Å². The van der Waals surface area contributed by atoms with Gasteiger partial charge in [-0.3, -0.25) is 0 Å². The fourth-order valence-electron chi connectivity index (χ4n) is 10.4. The van der Waals surface area contributed by atoms with Crippen LogP contribution in [0.2, 0.25) is 5.02 Å². The summed E-state index contributed by atoms with van der Waals surface area (Å²) in [5, 5.41) is 20.5. The summed E-state index contributed by atoms with van der Waals surface area (Å²) in [6, 6.07) is 6.01. The molecule has 0 aliphatic carbocycles. The smallest absolute Gasteiger partial charge is 0.133 e. The average molecular weight is 992 g/mol. The second-order valence-electron chi connectivity index (χ2n) is 21.6. The maximum atomic E-state index is 9.97. The van der Waals surface area contributed by atoms with Crippen molar-refractivity contribution >= 4 is 18.9 Å². The van der Waals surface area contributed by atoms with Gasteiger partial charge < -0.3 is 23.7 Å². The fourth-order valence-corrected chi connectivity index (χ4v) is 10.5. The third kappa shape index (κ3) is 47.9. The largest absolute Gasteiger partial charge is 0.860 e. The van der Waals surface area contributed by atoms with Crippen LogP contribution < -0.4 is 14.7 Å². The van der Waals surface area contributed by atoms with Crippen LogP contribution in [0.1, 0.15) is 312 Å². The van der Waals surface area contributed by atoms with E-state index in [1.165, 1.54) is 330 Å². The predicted octanol–water partition coefficient (Wildman–Crippen LogP) is 18.8. The van der Waals surface area contributed by atoms with Gasteiger partial charge in [-0.2, -0.15) is 0 Å². The lowest BCUT2D eigenvalue weighted by molar-refractivity contribution is -0.929. The minimum atomic E-state index is -2.28. The van der Waals surface area contributed by atoms with Gasteiger partial charge in [-0.05, 0) is 127 Å². The Hall–Kier alpha value is -0.785. The Morgan fingerprint density at radius 3 is 0.638 bits per heavy atom. The van der Waals surface area contributed by atoms with Crippen molar-refractivity contribution in [3.8, 4) is 5.75 Å². The highest BCUT2D eigenvalue weighted by molar-refractivity contribution is 6.31. The summed E-state index contributed by atoms with van der Waals surface area (Å²) < 4.78 is 7.24. The van der Waals surface area contributed by atoms with Crippen molar-refractivity contribution < 1.29 is 23.7 Å². The van der Waals surface area contributed by atoms with Crippen LogP contribution >= 0.6 is 11.6 Å². The van der Waals surface area contributed by atoms with Gasteiger partial charge in [0, 0.05) is 5.02 Å². The molecule has 1 rings (SSSR count). The van der Waals surface area contributed by atoms with Crippen molar-refractivity contribution in [3.05, 3.63) is 29.3 Å². The number of hydrogen-bond acceptors (Lipinski definition) is 3. The van der Waals surface area contributed by atoms with E-state index in [2.05, 4.69) is 60.0 Å². The van der Waals surface area contributed by atoms with E-state index < -0.39 is 7.32 Å². The van der Waals surface area contributed by atoms with Gasteiger partial charge in [0.1, 0.15) is 7.32 Å². The minimum Gasteiger partial charge on any atom is -0.860 e. The third-order valence-corrected chi connectivity index (χ3v) is 15.2. The normalized spacial score (nSPS) is 11.6. The van der Waals surface area contributed by atoms with E-state index in [1.807, 2.05) is 0 Å². The summed E-state index contributed by atoms with van der Waals surface area (Å²) in [7, 11) is -2.28. The molecule has 0 fully saturated rings. The molecule has 0 amide bonds. The lowest BCUT2D eigenvalue weighted by Gasteiger charge is -2.40. The molecule has 0 aliphatic heterocycles. The summed E-state index contributed by atoms with van der Waals surface area (Å²) >= 11 is 5.54. The topological polar surface area (TPSA) is 55.3 Å². The molecule has 5 nitrogen and oxygen atoms in total. The molecule has 69 heavy (non-hydrogen) atoms. The minimum absolute atomic E-state index is 0.240. The third-order valence-electron chi connectivity index (χ3n) is 14.9. The average Bonchev–Trinajstić information content (AvgIpc) is 3.34. The molecule has 0 bridgehead atoms. The Morgan fingerprint density at radius 2 is 0.478 bits per heavy atom. The lowest BCUT2D eigenvalue weighted by Crippen LogP contribution is -2.50. The van der Waals surface area contributed by atoms with E-state index in [4.69, 9.17) is 11.6 Å². The number of halogens is 1. The molecule has 0 N–H and O–H groups in total. The molecular formula is C62H124BClN2O3. The molecular weight excluding hydrogens is 867 g/mol. The SMILES string of the molecule is CCCCCCC[N+](CCCCCCC)(CCCCCCC)CCCCCCC.CCCCCCC[N+](CCCCCCC)(CCCCCCC)CCCCCCC.[O-]B([O-])Oc1ccc(Cl)cc1. The van der Waals surface area contributed by atoms with Crippen LogP contribution in [0, 0.1) is 0 Å². The molecule has 0 saturated heterocycles. The zero-order valence-corrected chi connectivity index (χ0v) is 49.1. The van der Waals surface area contributed by atoms with Crippen molar-refractivity contribution in [2.75, 3.05) is 52.4 Å². The highest BCUT2D eigenvalue weighted by Crippen LogP contribution is 2.23. The molecule has 1 aromatic rings. The van der Waals surface area contributed by atoms with Gasteiger partial charge in [0.25, 0.3) is 0 Å². The second kappa shape index (κ2) is 55.0. The first-order valence-corrected chi connectivity index (χ1v) is 31.5. The molecule has 7 heteroatoms. The Kier molecular flexibility index (Phi) is 56.0. The quantitative estimate of drug-likeness (QED) is 0.0371. The molecule has 0 heterocycles. The van der Waals surface area contributed by atoms with Crippen molar-refractivity contribution in [2.45, 2.75) is 312 Å². The zero-order chi connectivity index (χ0) is 51.2. The Bertz CT molecular complexity index is 925. The van der Waals surface area contributed by atoms with E-state index >= 15 is 0 Å². The first kappa shape index (κ1) is 70.3. The highest BCUT2D eigenvalue weighted by Gasteiger charge is 2.27. The maximum absolute atomic E-state index is 9.97. The summed E-state index contributed by atoms with van der Waals surface area (Å²) in [5.41, 5.74) is 0. The van der Waals surface area contributed by atoms with Gasteiger partial charge in [-0.25, -0.2) is 0 Å². The Labute approximate surface area is 440 Å². The summed E-state index contributed by atoms with van der Waals surface area (Å²) in [6.07, 6.45) is 57.6. The lowest BCUT2D eigenvalue weighted by atomic mass is 10.1. The van der Waals surface area contributed by atoms with Crippen molar-refractivity contribution in [3.63, 3.8) is 0 Å². The molecule has 0 radical (unpaired) electrons. The van der Waals surface area contributed by atoms with Crippen LogP contribution in [0.25, 0.3) is 0 Å². The van der Waals surface area contributed by atoms with E-state index in [9.17, 15) is 10.0 Å². The monoisotopic (exact) mass is 991 g/mol. The number of rotatable bonds is 50. The summed E-state index contributed by atoms with van der Waals surface area (Å²) in [4.78, 5) is 0. The molecule has 1 aromatic carbocycles. The molecule has 0 atom stereocenters. The van der Waals surface area contributed by atoms with E-state index in [0.29, 0.717) is 5.02 Å². The maximum Gasteiger partial charge on any atom is 0.133 e. The number of nitrogens with zero attached hydrogens (tertiary/aromatic N) is 2. The van der Waals surface area contributed by atoms with Gasteiger partial charge in [-0.1, -0.05) is 221 Å². The molecule has 410 valence electrons. The molecule has 0 aromatic heterocycles. The van der Waals surface area contributed by atoms with E-state index in [1.54, 1.807) is 12.1 Å². The van der Waals surface area contributed by atoms with Gasteiger partial charge in [0.2, 0.25) is 0 Å². The Morgan fingerprint density at radius 1 is 0.304 bits per heavy atom. The number of quaternary nitrogens is 2.